The molecule has 0 radical (unpaired) electrons. The molecule has 0 unspecified atom stereocenters. The smallest absolute Gasteiger partial charge is 0.252 e. The fraction of sp³-hybridized carbons (Fsp3) is 0.296. The molecule has 1 amide bonds. The summed E-state index contributed by atoms with van der Waals surface area (Å²) in [6.07, 6.45) is 2.84. The molecule has 0 spiro atoms. The van der Waals surface area contributed by atoms with Gasteiger partial charge in [-0.3, -0.25) is 14.2 Å². The van der Waals surface area contributed by atoms with Crippen LogP contribution in [0.2, 0.25) is 0 Å². The molecule has 0 fully saturated rings. The number of rotatable bonds is 4. The molecule has 3 heterocycles. The molecule has 4 aromatic rings. The summed E-state index contributed by atoms with van der Waals surface area (Å²) >= 11 is 0. The lowest BCUT2D eigenvalue weighted by Crippen LogP contribution is -2.39. The minimum absolute atomic E-state index is 0.0257. The van der Waals surface area contributed by atoms with E-state index in [1.807, 2.05) is 49.1 Å². The first kappa shape index (κ1) is 21.2. The van der Waals surface area contributed by atoms with E-state index in [1.165, 1.54) is 11.1 Å². The monoisotopic (exact) mass is 440 g/mol. The van der Waals surface area contributed by atoms with Crippen molar-refractivity contribution in [2.75, 3.05) is 11.4 Å². The average Bonchev–Trinajstić information content (AvgIpc) is 3.18. The first-order valence-corrected chi connectivity index (χ1v) is 11.5. The fourth-order valence-electron chi connectivity index (χ4n) is 4.88. The number of amides is 1. The Bertz CT molecular complexity index is 1410. The van der Waals surface area contributed by atoms with Crippen molar-refractivity contribution < 1.29 is 4.79 Å². The number of pyridine rings is 1. The number of hydrogen-bond donors (Lipinski definition) is 0. The number of para-hydroxylation sites is 1. The summed E-state index contributed by atoms with van der Waals surface area (Å²) in [6, 6.07) is 17.8. The molecule has 6 heteroatoms. The Hall–Kier alpha value is -3.67. The highest BCUT2D eigenvalue weighted by Crippen LogP contribution is 2.28. The number of fused-ring (bicyclic) bond motifs is 2. The number of carbonyl (C=O) groups excluding carboxylic acids is 1. The van der Waals surface area contributed by atoms with Crippen molar-refractivity contribution in [3.63, 3.8) is 0 Å². The van der Waals surface area contributed by atoms with Crippen LogP contribution in [-0.2, 0) is 24.2 Å². The number of hydrogen-bond acceptors (Lipinski definition) is 3. The van der Waals surface area contributed by atoms with Gasteiger partial charge in [-0.15, -0.1) is 0 Å². The van der Waals surface area contributed by atoms with Crippen molar-refractivity contribution in [3.8, 4) is 5.69 Å². The zero-order chi connectivity index (χ0) is 23.1. The van der Waals surface area contributed by atoms with Gasteiger partial charge in [0.25, 0.3) is 5.56 Å². The Morgan fingerprint density at radius 1 is 1.06 bits per heavy atom. The van der Waals surface area contributed by atoms with Crippen LogP contribution < -0.4 is 10.5 Å². The van der Waals surface area contributed by atoms with E-state index in [9.17, 15) is 9.59 Å². The van der Waals surface area contributed by atoms with Gasteiger partial charge in [0.2, 0.25) is 5.91 Å². The predicted octanol–water partition coefficient (Wildman–Crippen LogP) is 4.35. The van der Waals surface area contributed by atoms with Crippen LogP contribution in [0.15, 0.2) is 59.4 Å². The summed E-state index contributed by atoms with van der Waals surface area (Å²) in [5.74, 6) is -0.0823. The van der Waals surface area contributed by atoms with Crippen LogP contribution in [0.25, 0.3) is 16.7 Å². The van der Waals surface area contributed by atoms with Crippen LogP contribution in [0.3, 0.4) is 0 Å². The minimum atomic E-state index is -0.190. The van der Waals surface area contributed by atoms with Crippen LogP contribution in [-0.4, -0.2) is 26.8 Å². The highest BCUT2D eigenvalue weighted by Gasteiger charge is 2.25. The number of aromatic nitrogens is 3. The van der Waals surface area contributed by atoms with Gasteiger partial charge in [0, 0.05) is 23.7 Å². The largest absolute Gasteiger partial charge is 0.311 e. The molecule has 0 bridgehead atoms. The molecule has 33 heavy (non-hydrogen) atoms. The van der Waals surface area contributed by atoms with Gasteiger partial charge in [-0.2, -0.15) is 5.10 Å². The molecule has 0 saturated heterocycles. The third-order valence-electron chi connectivity index (χ3n) is 6.59. The molecule has 2 aromatic heterocycles. The van der Waals surface area contributed by atoms with Crippen molar-refractivity contribution in [3.05, 3.63) is 87.3 Å². The number of aryl methyl sites for hydroxylation is 4. The molecule has 168 valence electrons. The SMILES string of the molecule is CCc1ccc(-n2nc(C)c3c(C)cc(=O)n(CC(=O)N4CCCc5ccccc54)c32)cc1. The molecule has 0 saturated carbocycles. The molecular formula is C27H28N4O2. The van der Waals surface area contributed by atoms with E-state index in [2.05, 4.69) is 25.1 Å². The molecular weight excluding hydrogens is 412 g/mol. The van der Waals surface area contributed by atoms with Crippen molar-refractivity contribution in [2.45, 2.75) is 46.6 Å². The van der Waals surface area contributed by atoms with E-state index in [1.54, 1.807) is 15.3 Å². The van der Waals surface area contributed by atoms with Gasteiger partial charge < -0.3 is 4.90 Å². The second kappa shape index (κ2) is 8.35. The van der Waals surface area contributed by atoms with E-state index in [0.717, 1.165) is 47.3 Å². The topological polar surface area (TPSA) is 60.1 Å². The van der Waals surface area contributed by atoms with Gasteiger partial charge in [0.15, 0.2) is 0 Å². The lowest BCUT2D eigenvalue weighted by molar-refractivity contribution is -0.119. The predicted molar refractivity (Wildman–Crippen MR) is 131 cm³/mol. The molecule has 5 rings (SSSR count). The van der Waals surface area contributed by atoms with E-state index < -0.39 is 0 Å². The maximum Gasteiger partial charge on any atom is 0.252 e. The normalized spacial score (nSPS) is 13.4. The zero-order valence-electron chi connectivity index (χ0n) is 19.3. The van der Waals surface area contributed by atoms with Gasteiger partial charge in [-0.1, -0.05) is 37.3 Å². The van der Waals surface area contributed by atoms with Gasteiger partial charge >= 0.3 is 0 Å². The van der Waals surface area contributed by atoms with Gasteiger partial charge in [-0.05, 0) is 68.0 Å². The first-order chi connectivity index (χ1) is 16.0. The molecule has 6 nitrogen and oxygen atoms in total. The lowest BCUT2D eigenvalue weighted by Gasteiger charge is -2.29. The van der Waals surface area contributed by atoms with Gasteiger partial charge in [0.1, 0.15) is 12.2 Å². The summed E-state index contributed by atoms with van der Waals surface area (Å²) in [7, 11) is 0. The second-order valence-electron chi connectivity index (χ2n) is 8.75. The standard InChI is InChI=1S/C27H28N4O2/c1-4-20-11-13-22(14-12-20)31-27-26(19(3)28-31)18(2)16-24(32)30(27)17-25(33)29-15-7-9-21-8-5-6-10-23(21)29/h5-6,8,10-14,16H,4,7,9,15,17H2,1-3H3. The summed E-state index contributed by atoms with van der Waals surface area (Å²) in [5.41, 5.74) is 6.42. The zero-order valence-corrected chi connectivity index (χ0v) is 19.3. The summed E-state index contributed by atoms with van der Waals surface area (Å²) in [5, 5.41) is 5.68. The Kier molecular flexibility index (Phi) is 5.36. The van der Waals surface area contributed by atoms with Gasteiger partial charge in [-0.25, -0.2) is 4.68 Å². The Labute approximate surface area is 193 Å². The second-order valence-corrected chi connectivity index (χ2v) is 8.75. The summed E-state index contributed by atoms with van der Waals surface area (Å²) in [6.45, 7) is 6.63. The number of benzene rings is 2. The summed E-state index contributed by atoms with van der Waals surface area (Å²) < 4.78 is 3.38. The molecule has 0 atom stereocenters. The van der Waals surface area contributed by atoms with E-state index in [-0.39, 0.29) is 18.0 Å². The Morgan fingerprint density at radius 2 is 1.82 bits per heavy atom. The van der Waals surface area contributed by atoms with E-state index in [4.69, 9.17) is 5.10 Å². The highest BCUT2D eigenvalue weighted by molar-refractivity contribution is 5.95. The number of carbonyl (C=O) groups is 1. The fourth-order valence-corrected chi connectivity index (χ4v) is 4.88. The van der Waals surface area contributed by atoms with Crippen molar-refractivity contribution in [2.24, 2.45) is 0 Å². The molecule has 1 aliphatic rings. The minimum Gasteiger partial charge on any atom is -0.311 e. The molecule has 2 aromatic carbocycles. The highest BCUT2D eigenvalue weighted by atomic mass is 16.2. The number of anilines is 1. The molecule has 0 aliphatic carbocycles. The number of nitrogens with zero attached hydrogens (tertiary/aromatic N) is 4. The average molecular weight is 441 g/mol. The van der Waals surface area contributed by atoms with Crippen LogP contribution in [0, 0.1) is 13.8 Å². The van der Waals surface area contributed by atoms with E-state index >= 15 is 0 Å². The maximum absolute atomic E-state index is 13.5. The third-order valence-corrected chi connectivity index (χ3v) is 6.59. The maximum atomic E-state index is 13.5. The van der Waals surface area contributed by atoms with Gasteiger partial charge in [0.05, 0.1) is 11.4 Å². The summed E-state index contributed by atoms with van der Waals surface area (Å²) in [4.78, 5) is 28.5. The van der Waals surface area contributed by atoms with Crippen LogP contribution >= 0.6 is 0 Å². The quantitative estimate of drug-likeness (QED) is 0.474. The van der Waals surface area contributed by atoms with Crippen molar-refractivity contribution in [1.29, 1.82) is 0 Å². The van der Waals surface area contributed by atoms with Crippen LogP contribution in [0.5, 0.6) is 0 Å². The molecule has 1 aliphatic heterocycles. The lowest BCUT2D eigenvalue weighted by atomic mass is 10.0. The van der Waals surface area contributed by atoms with Crippen molar-refractivity contribution >= 4 is 22.6 Å². The van der Waals surface area contributed by atoms with E-state index in [0.29, 0.717) is 12.2 Å². The Morgan fingerprint density at radius 3 is 2.58 bits per heavy atom. The molecule has 0 N–H and O–H groups in total. The van der Waals surface area contributed by atoms with Crippen molar-refractivity contribution in [1.82, 2.24) is 14.3 Å². The first-order valence-electron chi connectivity index (χ1n) is 11.5. The third kappa shape index (κ3) is 3.65. The van der Waals surface area contributed by atoms with Crippen LogP contribution in [0.1, 0.15) is 35.7 Å². The Balaban J connectivity index is 1.63. The van der Waals surface area contributed by atoms with Crippen LogP contribution in [0.4, 0.5) is 5.69 Å².